The van der Waals surface area contributed by atoms with Crippen molar-refractivity contribution in [1.82, 2.24) is 0 Å². The Bertz CT molecular complexity index is 776. The van der Waals surface area contributed by atoms with Crippen LogP contribution in [-0.2, 0) is 24.2 Å². The highest BCUT2D eigenvalue weighted by Gasteiger charge is 2.22. The molecule has 1 aliphatic rings. The first-order valence-corrected chi connectivity index (χ1v) is 12.2. The summed E-state index contributed by atoms with van der Waals surface area (Å²) in [5, 5.41) is 0. The molecule has 0 bridgehead atoms. The van der Waals surface area contributed by atoms with Gasteiger partial charge in [0.2, 0.25) is 0 Å². The highest BCUT2D eigenvalue weighted by atomic mass is 16.5. The molecule has 2 aromatic rings. The predicted molar refractivity (Wildman–Crippen MR) is 134 cm³/mol. The summed E-state index contributed by atoms with van der Waals surface area (Å²) in [6, 6.07) is 18.5. The van der Waals surface area contributed by atoms with Gasteiger partial charge in [0.25, 0.3) is 0 Å². The number of ether oxygens (including phenoxy) is 1. The summed E-state index contributed by atoms with van der Waals surface area (Å²) in [5.41, 5.74) is 5.75. The van der Waals surface area contributed by atoms with Crippen LogP contribution in [0.4, 0.5) is 0 Å². The van der Waals surface area contributed by atoms with Crippen LogP contribution in [0, 0.1) is 5.92 Å². The molecular weight excluding hydrogens is 376 g/mol. The van der Waals surface area contributed by atoms with Gasteiger partial charge in [0.05, 0.1) is 13.2 Å². The van der Waals surface area contributed by atoms with Gasteiger partial charge in [0, 0.05) is 0 Å². The maximum absolute atomic E-state index is 5.68. The van der Waals surface area contributed by atoms with Gasteiger partial charge < -0.3 is 4.74 Å². The second-order valence-corrected chi connectivity index (χ2v) is 9.05. The van der Waals surface area contributed by atoms with Crippen molar-refractivity contribution in [3.8, 4) is 0 Å². The first-order chi connectivity index (χ1) is 15.3. The van der Waals surface area contributed by atoms with Gasteiger partial charge in [-0.2, -0.15) is 0 Å². The van der Waals surface area contributed by atoms with Crippen LogP contribution in [0.15, 0.2) is 73.3 Å². The molecule has 1 nitrogen and oxygen atoms in total. The summed E-state index contributed by atoms with van der Waals surface area (Å²) in [6.07, 6.45) is 17.5. The van der Waals surface area contributed by atoms with Gasteiger partial charge in [-0.25, -0.2) is 0 Å². The fraction of sp³-hybridized carbons (Fsp3) is 0.467. The van der Waals surface area contributed by atoms with Gasteiger partial charge >= 0.3 is 0 Å². The third kappa shape index (κ3) is 8.15. The Hall–Kier alpha value is -2.12. The number of benzene rings is 2. The Kier molecular flexibility index (Phi) is 10.1. The summed E-state index contributed by atoms with van der Waals surface area (Å²) >= 11 is 0. The smallest absolute Gasteiger partial charge is 0.0717 e. The number of rotatable bonds is 12. The molecule has 0 atom stereocenters. The van der Waals surface area contributed by atoms with Crippen LogP contribution >= 0.6 is 0 Å². The molecule has 31 heavy (non-hydrogen) atoms. The van der Waals surface area contributed by atoms with E-state index >= 15 is 0 Å². The van der Waals surface area contributed by atoms with Crippen LogP contribution in [-0.4, -0.2) is 6.61 Å². The van der Waals surface area contributed by atoms with E-state index in [1.165, 1.54) is 60.8 Å². The normalized spacial score (nSPS) is 19.0. The van der Waals surface area contributed by atoms with Crippen LogP contribution in [0.1, 0.15) is 80.0 Å². The minimum atomic E-state index is 0.706. The van der Waals surface area contributed by atoms with Crippen molar-refractivity contribution in [2.24, 2.45) is 5.92 Å². The molecular formula is C30H40O. The second-order valence-electron chi connectivity index (χ2n) is 9.05. The monoisotopic (exact) mass is 416 g/mol. The SMILES string of the molecule is C=CCCOCc1ccc(C2CCC(CCc3ccc(CCC=CC)cc3)CC2)cc1. The molecule has 0 unspecified atom stereocenters. The standard InChI is InChI=1S/C30H40O/c1-3-5-7-8-25-9-11-26(12-10-25)13-14-27-15-19-29(20-16-27)30-21-17-28(18-22-30)24-31-23-6-4-2/h3-5,9-12,17-18,21-22,27,29H,2,6-8,13-16,19-20,23-24H2,1H3. The lowest BCUT2D eigenvalue weighted by atomic mass is 9.77. The van der Waals surface area contributed by atoms with Crippen LogP contribution in [0.5, 0.6) is 0 Å². The molecule has 0 saturated heterocycles. The molecule has 1 fully saturated rings. The summed E-state index contributed by atoms with van der Waals surface area (Å²) in [7, 11) is 0. The first-order valence-electron chi connectivity index (χ1n) is 12.2. The zero-order valence-corrected chi connectivity index (χ0v) is 19.4. The Labute approximate surface area is 190 Å². The Morgan fingerprint density at radius 3 is 2.13 bits per heavy atom. The lowest BCUT2D eigenvalue weighted by Gasteiger charge is -2.29. The van der Waals surface area contributed by atoms with E-state index in [-0.39, 0.29) is 0 Å². The van der Waals surface area contributed by atoms with Crippen molar-refractivity contribution in [2.45, 2.75) is 77.2 Å². The number of allylic oxidation sites excluding steroid dienone is 2. The molecule has 166 valence electrons. The maximum Gasteiger partial charge on any atom is 0.0717 e. The minimum Gasteiger partial charge on any atom is -0.376 e. The average molecular weight is 417 g/mol. The molecule has 0 aromatic heterocycles. The topological polar surface area (TPSA) is 9.23 Å². The summed E-state index contributed by atoms with van der Waals surface area (Å²) < 4.78 is 5.68. The van der Waals surface area contributed by atoms with Crippen molar-refractivity contribution in [2.75, 3.05) is 6.61 Å². The molecule has 3 rings (SSSR count). The molecule has 0 amide bonds. The van der Waals surface area contributed by atoms with E-state index in [4.69, 9.17) is 4.74 Å². The highest BCUT2D eigenvalue weighted by molar-refractivity contribution is 5.26. The average Bonchev–Trinajstić information content (AvgIpc) is 2.82. The lowest BCUT2D eigenvalue weighted by molar-refractivity contribution is 0.125. The van der Waals surface area contributed by atoms with Gasteiger partial charge in [-0.1, -0.05) is 66.8 Å². The van der Waals surface area contributed by atoms with E-state index in [0.29, 0.717) is 6.61 Å². The number of aryl methyl sites for hydroxylation is 2. The van der Waals surface area contributed by atoms with E-state index in [1.54, 1.807) is 0 Å². The molecule has 0 radical (unpaired) electrons. The summed E-state index contributed by atoms with van der Waals surface area (Å²) in [4.78, 5) is 0. The van der Waals surface area contributed by atoms with Crippen LogP contribution < -0.4 is 0 Å². The summed E-state index contributed by atoms with van der Waals surface area (Å²) in [5.74, 6) is 1.63. The second kappa shape index (κ2) is 13.3. The molecule has 0 spiro atoms. The number of hydrogen-bond acceptors (Lipinski definition) is 1. The van der Waals surface area contributed by atoms with Crippen LogP contribution in [0.2, 0.25) is 0 Å². The fourth-order valence-corrected chi connectivity index (χ4v) is 4.69. The quantitative estimate of drug-likeness (QED) is 0.250. The van der Waals surface area contributed by atoms with Crippen molar-refractivity contribution in [3.63, 3.8) is 0 Å². The van der Waals surface area contributed by atoms with Gasteiger partial charge in [0.1, 0.15) is 0 Å². The Morgan fingerprint density at radius 1 is 0.839 bits per heavy atom. The first kappa shape index (κ1) is 23.5. The Balaban J connectivity index is 1.37. The Morgan fingerprint density at radius 2 is 1.48 bits per heavy atom. The van der Waals surface area contributed by atoms with Gasteiger partial charge in [-0.3, -0.25) is 0 Å². The molecule has 0 aliphatic heterocycles. The van der Waals surface area contributed by atoms with Crippen molar-refractivity contribution < 1.29 is 4.74 Å². The third-order valence-electron chi connectivity index (χ3n) is 6.73. The van der Waals surface area contributed by atoms with Gasteiger partial charge in [-0.15, -0.1) is 6.58 Å². The third-order valence-corrected chi connectivity index (χ3v) is 6.73. The highest BCUT2D eigenvalue weighted by Crippen LogP contribution is 2.37. The van der Waals surface area contributed by atoms with Crippen LogP contribution in [0.25, 0.3) is 0 Å². The van der Waals surface area contributed by atoms with Crippen molar-refractivity contribution >= 4 is 0 Å². The lowest BCUT2D eigenvalue weighted by Crippen LogP contribution is -2.14. The van der Waals surface area contributed by atoms with E-state index < -0.39 is 0 Å². The van der Waals surface area contributed by atoms with Gasteiger partial charge in [0.15, 0.2) is 0 Å². The van der Waals surface area contributed by atoms with E-state index in [0.717, 1.165) is 37.7 Å². The molecule has 2 aromatic carbocycles. The fourth-order valence-electron chi connectivity index (χ4n) is 4.69. The minimum absolute atomic E-state index is 0.706. The molecule has 0 heterocycles. The molecule has 1 heteroatoms. The van der Waals surface area contributed by atoms with E-state index in [1.807, 2.05) is 6.08 Å². The predicted octanol–water partition coefficient (Wildman–Crippen LogP) is 8.19. The summed E-state index contributed by atoms with van der Waals surface area (Å²) in [6.45, 7) is 7.29. The van der Waals surface area contributed by atoms with Crippen molar-refractivity contribution in [3.05, 3.63) is 95.6 Å². The van der Waals surface area contributed by atoms with E-state index in [2.05, 4.69) is 74.2 Å². The molecule has 1 aliphatic carbocycles. The maximum atomic E-state index is 5.68. The number of hydrogen-bond donors (Lipinski definition) is 0. The van der Waals surface area contributed by atoms with Crippen LogP contribution in [0.3, 0.4) is 0 Å². The zero-order valence-electron chi connectivity index (χ0n) is 19.4. The zero-order chi connectivity index (χ0) is 21.7. The van der Waals surface area contributed by atoms with Gasteiger partial charge in [-0.05, 0) is 98.8 Å². The molecule has 0 N–H and O–H groups in total. The largest absolute Gasteiger partial charge is 0.376 e. The van der Waals surface area contributed by atoms with E-state index in [9.17, 15) is 0 Å². The van der Waals surface area contributed by atoms with Crippen molar-refractivity contribution in [1.29, 1.82) is 0 Å². The molecule has 1 saturated carbocycles.